The van der Waals surface area contributed by atoms with Crippen molar-refractivity contribution >= 4 is 47.5 Å². The van der Waals surface area contributed by atoms with Crippen LogP contribution in [0, 0.1) is 138 Å². The molecule has 0 atom stereocenters. The van der Waals surface area contributed by atoms with Crippen LogP contribution >= 0.6 is 0 Å². The second kappa shape index (κ2) is 34.6. The fraction of sp³-hybridized carbons (Fsp3) is 0.138. The third kappa shape index (κ3) is 18.1. The van der Waals surface area contributed by atoms with Gasteiger partial charge >= 0.3 is 153 Å². The fourth-order valence-electron chi connectivity index (χ4n) is 4.74. The van der Waals surface area contributed by atoms with E-state index in [1.807, 2.05) is 55.4 Å². The van der Waals surface area contributed by atoms with Gasteiger partial charge in [-0.15, -0.1) is 0 Å². The summed E-state index contributed by atoms with van der Waals surface area (Å²) in [6.07, 6.45) is 20.2. The number of hydrogen-bond donors (Lipinski definition) is 0. The van der Waals surface area contributed by atoms with E-state index in [-0.39, 0.29) is 16.6 Å². The third-order valence-electron chi connectivity index (χ3n) is 6.83. The predicted octanol–water partition coefficient (Wildman–Crippen LogP) is 12.3. The normalized spacial score (nSPS) is 7.68. The molecule has 296 valence electrons. The zero-order valence-electron chi connectivity index (χ0n) is 35.8. The van der Waals surface area contributed by atoms with Crippen molar-refractivity contribution in [1.29, 1.82) is 0 Å². The molecule has 5 aromatic rings. The molecule has 0 aliphatic carbocycles. The summed E-state index contributed by atoms with van der Waals surface area (Å²) in [5, 5.41) is 5.28. The summed E-state index contributed by atoms with van der Waals surface area (Å²) in [4.78, 5) is 4.12. The second-order valence-corrected chi connectivity index (χ2v) is 18.1. The largest absolute Gasteiger partial charge is 0.182 e. The van der Waals surface area contributed by atoms with E-state index in [4.69, 9.17) is 25.7 Å². The van der Waals surface area contributed by atoms with E-state index >= 15 is 0 Å². The quantitative estimate of drug-likeness (QED) is 0.0734. The van der Waals surface area contributed by atoms with Crippen LogP contribution in [0.3, 0.4) is 0 Å². The molecule has 0 radical (unpaired) electrons. The van der Waals surface area contributed by atoms with Gasteiger partial charge in [-0.3, -0.25) is 0 Å². The van der Waals surface area contributed by atoms with Gasteiger partial charge in [0.2, 0.25) is 0 Å². The number of benzene rings is 5. The van der Waals surface area contributed by atoms with E-state index in [0.29, 0.717) is 0 Å². The van der Waals surface area contributed by atoms with Crippen molar-refractivity contribution < 1.29 is 5.71 Å². The molecule has 0 unspecified atom stereocenters. The first-order chi connectivity index (χ1) is 29.7. The molecule has 5 rings (SSSR count). The smallest absolute Gasteiger partial charge is 0.0683 e. The zero-order chi connectivity index (χ0) is 44.7. The van der Waals surface area contributed by atoms with Crippen LogP contribution in [0.1, 0.15) is 61.1 Å². The Labute approximate surface area is 374 Å². The molecule has 60 heavy (non-hydrogen) atoms. The predicted molar refractivity (Wildman–Crippen MR) is 274 cm³/mol. The van der Waals surface area contributed by atoms with E-state index < -0.39 is 15.0 Å². The maximum absolute atomic E-state index is 5.05. The molecule has 0 aliphatic rings. The molecule has 0 heterocycles. The van der Waals surface area contributed by atoms with Crippen molar-refractivity contribution in [3.8, 4) is 138 Å². The Balaban J connectivity index is -0.000000298. The van der Waals surface area contributed by atoms with Crippen molar-refractivity contribution in [3.63, 3.8) is 0 Å². The van der Waals surface area contributed by atoms with E-state index in [1.54, 1.807) is 0 Å². The van der Waals surface area contributed by atoms with Crippen LogP contribution < -0.4 is 0 Å². The van der Waals surface area contributed by atoms with Gasteiger partial charge in [-0.05, 0) is 53.2 Å². The van der Waals surface area contributed by atoms with Crippen LogP contribution in [0.15, 0.2) is 130 Å². The molecule has 0 amide bonds. The van der Waals surface area contributed by atoms with E-state index in [1.165, 1.54) is 36.2 Å². The van der Waals surface area contributed by atoms with Crippen molar-refractivity contribution in [2.45, 2.75) is 70.1 Å². The third-order valence-corrected chi connectivity index (χ3v) is 14.0. The van der Waals surface area contributed by atoms with Gasteiger partial charge in [0.25, 0.3) is 0 Å². The fourth-order valence-corrected chi connectivity index (χ4v) is 10.5. The van der Waals surface area contributed by atoms with Crippen molar-refractivity contribution in [3.05, 3.63) is 115 Å². The van der Waals surface area contributed by atoms with Gasteiger partial charge in [0.15, 0.2) is 14.7 Å². The van der Waals surface area contributed by atoms with Crippen molar-refractivity contribution in [1.82, 2.24) is 0 Å². The van der Waals surface area contributed by atoms with Gasteiger partial charge in [0.1, 0.15) is 10.9 Å². The molecule has 0 aliphatic heterocycles. The number of rotatable bonds is 3. The molecule has 0 saturated carbocycles. The summed E-state index contributed by atoms with van der Waals surface area (Å²) in [5.74, 6) is 38.5. The van der Waals surface area contributed by atoms with Gasteiger partial charge in [0, 0.05) is 16.5 Å². The molecule has 0 saturated heterocycles. The molecule has 0 spiro atoms. The molecule has 0 bridgehead atoms. The molecule has 2 heteroatoms. The SMILES string of the molecule is C#CC#CC#[C][Ga-]([C]#CC#CC#C)([C]#CC#CC#C)[C]#CC#CC#C.CC.CC.CC.CC.[HH].[HH].[HH].[HH].c1ccc([S+](c2ccccc2)c2c3ccccc3cc3ccccc23)cc1. The van der Waals surface area contributed by atoms with Crippen molar-refractivity contribution in [2.24, 2.45) is 0 Å². The maximum atomic E-state index is 5.05. The number of terminal acetylenes is 4. The summed E-state index contributed by atoms with van der Waals surface area (Å²) < 4.78 is 11.6. The van der Waals surface area contributed by atoms with Crippen LogP contribution in [0.4, 0.5) is 0 Å². The molecular formula is C58H55GaS. The first-order valence-electron chi connectivity index (χ1n) is 19.5. The molecule has 0 N–H and O–H groups in total. The maximum Gasteiger partial charge on any atom is 0.182 e. The average molecular weight is 854 g/mol. The first kappa shape index (κ1) is 52.3. The van der Waals surface area contributed by atoms with Crippen LogP contribution in [-0.2, 0) is 10.9 Å². The molecule has 5 aromatic carbocycles. The van der Waals surface area contributed by atoms with Crippen LogP contribution in [-0.4, -0.2) is 15.0 Å². The molecule has 0 fully saturated rings. The Morgan fingerprint density at radius 3 is 0.950 bits per heavy atom. The van der Waals surface area contributed by atoms with Crippen LogP contribution in [0.2, 0.25) is 0 Å². The zero-order valence-corrected chi connectivity index (χ0v) is 39.0. The molecule has 0 aromatic heterocycles. The Hall–Kier alpha value is -7.67. The number of fused-ring (bicyclic) bond motifs is 2. The number of hydrogen-bond acceptors (Lipinski definition) is 0. The average Bonchev–Trinajstić information content (AvgIpc) is 3.33. The monoisotopic (exact) mass is 852 g/mol. The van der Waals surface area contributed by atoms with E-state index in [2.05, 4.69) is 228 Å². The van der Waals surface area contributed by atoms with Gasteiger partial charge < -0.3 is 0 Å². The molecular weight excluding hydrogens is 798 g/mol. The minimum atomic E-state index is -3.91. The summed E-state index contributed by atoms with van der Waals surface area (Å²) in [6.45, 7) is 16.0. The Morgan fingerprint density at radius 2 is 0.650 bits per heavy atom. The van der Waals surface area contributed by atoms with E-state index in [9.17, 15) is 0 Å². The van der Waals surface area contributed by atoms with Crippen LogP contribution in [0.5, 0.6) is 0 Å². The van der Waals surface area contributed by atoms with Crippen LogP contribution in [0.25, 0.3) is 21.5 Å². The topological polar surface area (TPSA) is 0 Å². The van der Waals surface area contributed by atoms with Gasteiger partial charge in [-0.1, -0.05) is 128 Å². The minimum absolute atomic E-state index is 0. The Kier molecular flexibility index (Phi) is 30.1. The minimum Gasteiger partial charge on any atom is -0.0683 e. The standard InChI is InChI=1S/C26H19S.4C6H.4C2H6.Ga.4H2/c1-3-13-22(14-4-1)27(23-15-5-2-6-16-23)26-24-17-9-7-11-20(24)19-21-12-8-10-18-25(21)26;4*1-3-5-6-4-2;4*1-2;;;;;/h1-19H;4*1H;4*1-2H3;;4*1H/q+1;;;;;;;;;-1;;;;. The van der Waals surface area contributed by atoms with Gasteiger partial charge in [-0.25, -0.2) is 0 Å². The van der Waals surface area contributed by atoms with E-state index in [0.717, 1.165) is 0 Å². The van der Waals surface area contributed by atoms with Gasteiger partial charge in [0.05, 0.1) is 0 Å². The Bertz CT molecular complexity index is 2550. The van der Waals surface area contributed by atoms with Gasteiger partial charge in [-0.2, -0.15) is 0 Å². The summed E-state index contributed by atoms with van der Waals surface area (Å²) in [5.41, 5.74) is 0. The summed E-state index contributed by atoms with van der Waals surface area (Å²) >= 11 is -3.91. The summed E-state index contributed by atoms with van der Waals surface area (Å²) in [7, 11) is -0.164. The second-order valence-electron chi connectivity index (χ2n) is 10.1. The summed E-state index contributed by atoms with van der Waals surface area (Å²) in [6, 6.07) is 41.6. The first-order valence-corrected chi connectivity index (χ1v) is 25.5. The molecule has 0 nitrogen and oxygen atoms in total. The van der Waals surface area contributed by atoms with Crippen molar-refractivity contribution in [2.75, 3.05) is 0 Å². The Morgan fingerprint density at radius 1 is 0.367 bits per heavy atom.